The summed E-state index contributed by atoms with van der Waals surface area (Å²) >= 11 is 0. The lowest BCUT2D eigenvalue weighted by molar-refractivity contribution is 0.603. The first-order valence-electron chi connectivity index (χ1n) is 3.60. The Morgan fingerprint density at radius 2 is 2.17 bits per heavy atom. The molecule has 0 aliphatic carbocycles. The normalized spacial score (nSPS) is 22.1. The minimum atomic E-state index is -3.60. The molecule has 0 aromatic heterocycles. The smallest absolute Gasteiger partial charge is 0.251 e. The Morgan fingerprint density at radius 1 is 1.58 bits per heavy atom. The first kappa shape index (κ1) is 9.41. The Balaban J connectivity index is 3.05. The van der Waals surface area contributed by atoms with Crippen molar-refractivity contribution in [3.8, 4) is 0 Å². The molecular weight excluding hydrogens is 176 g/mol. The van der Waals surface area contributed by atoms with E-state index >= 15 is 0 Å². The lowest BCUT2D eigenvalue weighted by Crippen LogP contribution is -2.29. The van der Waals surface area contributed by atoms with Crippen LogP contribution in [0.5, 0.6) is 0 Å². The third-order valence-electron chi connectivity index (χ3n) is 1.56. The lowest BCUT2D eigenvalue weighted by atomic mass is 10.0. The molecule has 0 amide bonds. The van der Waals surface area contributed by atoms with Crippen molar-refractivity contribution >= 4 is 15.1 Å². The van der Waals surface area contributed by atoms with Gasteiger partial charge in [-0.05, 0) is 13.8 Å². The molecule has 68 valence electrons. The molecule has 0 bridgehead atoms. The van der Waals surface area contributed by atoms with Crippen molar-refractivity contribution in [1.29, 1.82) is 0 Å². The van der Waals surface area contributed by atoms with Gasteiger partial charge >= 0.3 is 0 Å². The van der Waals surface area contributed by atoms with Gasteiger partial charge in [-0.3, -0.25) is 4.99 Å². The van der Waals surface area contributed by atoms with Crippen LogP contribution in [-0.4, -0.2) is 19.0 Å². The SMILES string of the molecule is CC1(C)C=CCC(S(N)(=O)=O)=N1. The maximum Gasteiger partial charge on any atom is 0.251 e. The lowest BCUT2D eigenvalue weighted by Gasteiger charge is -2.19. The van der Waals surface area contributed by atoms with E-state index in [-0.39, 0.29) is 5.04 Å². The van der Waals surface area contributed by atoms with Crippen LogP contribution in [0.4, 0.5) is 0 Å². The second-order valence-corrected chi connectivity index (χ2v) is 4.87. The number of rotatable bonds is 0. The summed E-state index contributed by atoms with van der Waals surface area (Å²) in [7, 11) is -3.60. The summed E-state index contributed by atoms with van der Waals surface area (Å²) in [5, 5.41) is 5.00. The van der Waals surface area contributed by atoms with E-state index in [9.17, 15) is 8.42 Å². The van der Waals surface area contributed by atoms with Crippen LogP contribution in [0.15, 0.2) is 17.1 Å². The summed E-state index contributed by atoms with van der Waals surface area (Å²) in [6, 6.07) is 0. The van der Waals surface area contributed by atoms with Crippen LogP contribution in [-0.2, 0) is 10.0 Å². The Bertz CT molecular complexity index is 338. The highest BCUT2D eigenvalue weighted by Gasteiger charge is 2.22. The van der Waals surface area contributed by atoms with Gasteiger partial charge in [0.1, 0.15) is 5.04 Å². The minimum Gasteiger partial charge on any atom is -0.266 e. The van der Waals surface area contributed by atoms with Gasteiger partial charge in [-0.15, -0.1) is 0 Å². The van der Waals surface area contributed by atoms with Crippen LogP contribution in [0.1, 0.15) is 20.3 Å². The fourth-order valence-corrected chi connectivity index (χ4v) is 1.72. The van der Waals surface area contributed by atoms with Crippen molar-refractivity contribution in [3.63, 3.8) is 0 Å². The Hall–Kier alpha value is -0.680. The van der Waals surface area contributed by atoms with Crippen molar-refractivity contribution in [2.75, 3.05) is 0 Å². The zero-order chi connectivity index (χ0) is 9.41. The van der Waals surface area contributed by atoms with E-state index in [1.165, 1.54) is 0 Å². The molecule has 5 heteroatoms. The average molecular weight is 188 g/mol. The van der Waals surface area contributed by atoms with Crippen molar-refractivity contribution in [2.45, 2.75) is 25.8 Å². The summed E-state index contributed by atoms with van der Waals surface area (Å²) in [4.78, 5) is 4.00. The van der Waals surface area contributed by atoms with Crippen molar-refractivity contribution < 1.29 is 8.42 Å². The van der Waals surface area contributed by atoms with E-state index in [1.807, 2.05) is 19.9 Å². The molecule has 0 aromatic rings. The molecule has 0 radical (unpaired) electrons. The van der Waals surface area contributed by atoms with E-state index in [0.717, 1.165) is 0 Å². The number of primary sulfonamides is 1. The fraction of sp³-hybridized carbons (Fsp3) is 0.571. The number of sulfonamides is 1. The molecule has 0 saturated carbocycles. The van der Waals surface area contributed by atoms with E-state index in [2.05, 4.69) is 4.99 Å². The predicted octanol–water partition coefficient (Wildman–Crippen LogP) is 0.412. The Labute approximate surface area is 72.2 Å². The van der Waals surface area contributed by atoms with Gasteiger partial charge < -0.3 is 0 Å². The third kappa shape index (κ3) is 2.15. The van der Waals surface area contributed by atoms with Gasteiger partial charge in [-0.2, -0.15) is 0 Å². The quantitative estimate of drug-likeness (QED) is 0.559. The van der Waals surface area contributed by atoms with Crippen molar-refractivity contribution in [1.82, 2.24) is 0 Å². The summed E-state index contributed by atoms with van der Waals surface area (Å²) in [6.45, 7) is 3.65. The highest BCUT2D eigenvalue weighted by atomic mass is 32.2. The number of allylic oxidation sites excluding steroid dienone is 1. The summed E-state index contributed by atoms with van der Waals surface area (Å²) in [5.41, 5.74) is -0.444. The molecule has 0 spiro atoms. The third-order valence-corrected chi connectivity index (χ3v) is 2.47. The summed E-state index contributed by atoms with van der Waals surface area (Å²) in [6.07, 6.45) is 3.94. The highest BCUT2D eigenvalue weighted by Crippen LogP contribution is 2.18. The highest BCUT2D eigenvalue weighted by molar-refractivity contribution is 8.04. The van der Waals surface area contributed by atoms with E-state index in [4.69, 9.17) is 5.14 Å². The molecule has 1 aliphatic heterocycles. The zero-order valence-electron chi connectivity index (χ0n) is 7.11. The molecule has 1 aliphatic rings. The van der Waals surface area contributed by atoms with Gasteiger partial charge in [-0.1, -0.05) is 12.2 Å². The molecule has 0 fully saturated rings. The first-order chi connectivity index (χ1) is 5.31. The minimum absolute atomic E-state index is 0.0648. The van der Waals surface area contributed by atoms with Crippen LogP contribution < -0.4 is 5.14 Å². The number of dihydropyridines is 1. The van der Waals surface area contributed by atoms with Crippen molar-refractivity contribution in [2.24, 2.45) is 10.1 Å². The molecule has 0 aromatic carbocycles. The van der Waals surface area contributed by atoms with Crippen LogP contribution in [0.3, 0.4) is 0 Å². The number of nitrogens with two attached hydrogens (primary N) is 1. The van der Waals surface area contributed by atoms with Gasteiger partial charge in [0, 0.05) is 6.42 Å². The number of nitrogens with zero attached hydrogens (tertiary/aromatic N) is 1. The van der Waals surface area contributed by atoms with Gasteiger partial charge in [0.15, 0.2) is 0 Å². The summed E-state index contributed by atoms with van der Waals surface area (Å²) in [5.74, 6) is 0. The second-order valence-electron chi connectivity index (χ2n) is 3.31. The van der Waals surface area contributed by atoms with E-state index in [1.54, 1.807) is 6.08 Å². The Morgan fingerprint density at radius 3 is 2.50 bits per heavy atom. The van der Waals surface area contributed by atoms with E-state index < -0.39 is 15.6 Å². The van der Waals surface area contributed by atoms with Gasteiger partial charge in [0.25, 0.3) is 10.0 Å². The predicted molar refractivity (Wildman–Crippen MR) is 48.4 cm³/mol. The molecule has 12 heavy (non-hydrogen) atoms. The molecule has 1 rings (SSSR count). The van der Waals surface area contributed by atoms with Crippen LogP contribution in [0, 0.1) is 0 Å². The second kappa shape index (κ2) is 2.67. The first-order valence-corrected chi connectivity index (χ1v) is 5.15. The van der Waals surface area contributed by atoms with Crippen LogP contribution >= 0.6 is 0 Å². The summed E-state index contributed by atoms with van der Waals surface area (Å²) < 4.78 is 21.8. The van der Waals surface area contributed by atoms with Gasteiger partial charge in [0.2, 0.25) is 0 Å². The maximum atomic E-state index is 10.9. The van der Waals surface area contributed by atoms with Crippen LogP contribution in [0.25, 0.3) is 0 Å². The largest absolute Gasteiger partial charge is 0.266 e. The molecule has 0 saturated heterocycles. The fourth-order valence-electron chi connectivity index (χ4n) is 1.03. The monoisotopic (exact) mass is 188 g/mol. The van der Waals surface area contributed by atoms with Crippen molar-refractivity contribution in [3.05, 3.63) is 12.2 Å². The molecule has 0 atom stereocenters. The van der Waals surface area contributed by atoms with E-state index in [0.29, 0.717) is 6.42 Å². The molecule has 1 heterocycles. The molecule has 4 nitrogen and oxygen atoms in total. The topological polar surface area (TPSA) is 72.5 Å². The zero-order valence-corrected chi connectivity index (χ0v) is 7.93. The molecule has 0 unspecified atom stereocenters. The average Bonchev–Trinajstić information content (AvgIpc) is 1.83. The van der Waals surface area contributed by atoms with Crippen LogP contribution in [0.2, 0.25) is 0 Å². The molecule has 2 N–H and O–H groups in total. The number of aliphatic imine (C=N–C) groups is 1. The Kier molecular flexibility index (Phi) is 2.09. The maximum absolute atomic E-state index is 10.9. The van der Waals surface area contributed by atoms with Gasteiger partial charge in [0.05, 0.1) is 5.54 Å². The standard InChI is InChI=1S/C7H12N2O2S/c1-7(2)5-3-4-6(9-7)12(8,10)11/h3,5H,4H2,1-2H3,(H2,8,10,11). The number of hydrogen-bond donors (Lipinski definition) is 1. The van der Waals surface area contributed by atoms with Gasteiger partial charge in [-0.25, -0.2) is 13.6 Å². The number of hydrogen-bond acceptors (Lipinski definition) is 3. The molecular formula is C7H12N2O2S.